The van der Waals surface area contributed by atoms with Gasteiger partial charge in [0.15, 0.2) is 5.82 Å². The van der Waals surface area contributed by atoms with Crippen LogP contribution in [0.2, 0.25) is 0 Å². The molecule has 92 valence electrons. The zero-order chi connectivity index (χ0) is 12.1. The number of methoxy groups -OCH3 is 1. The summed E-state index contributed by atoms with van der Waals surface area (Å²) in [5.74, 6) is 0.635. The lowest BCUT2D eigenvalue weighted by atomic mass is 10.3. The fraction of sp³-hybridized carbons (Fsp3) is 0.700. The molecule has 0 aliphatic heterocycles. The summed E-state index contributed by atoms with van der Waals surface area (Å²) in [4.78, 5) is 3.36. The van der Waals surface area contributed by atoms with E-state index in [0.717, 1.165) is 16.4 Å². The van der Waals surface area contributed by atoms with Gasteiger partial charge in [0.1, 0.15) is 5.00 Å². The smallest absolute Gasteiger partial charge is 0.153 e. The van der Waals surface area contributed by atoms with Crippen LogP contribution in [0.25, 0.3) is 0 Å². The molecule has 0 amide bonds. The average Bonchev–Trinajstić information content (AvgIpc) is 2.61. The van der Waals surface area contributed by atoms with Crippen LogP contribution in [-0.2, 0) is 4.74 Å². The van der Waals surface area contributed by atoms with E-state index in [0.29, 0.717) is 18.5 Å². The summed E-state index contributed by atoms with van der Waals surface area (Å²) in [7, 11) is 1.72. The molecule has 6 heteroatoms. The van der Waals surface area contributed by atoms with Gasteiger partial charge in [0.2, 0.25) is 0 Å². The first kappa shape index (κ1) is 13.6. The van der Waals surface area contributed by atoms with Gasteiger partial charge in [-0.05, 0) is 31.6 Å². The predicted octanol–water partition coefficient (Wildman–Crippen LogP) is 2.31. The molecule has 0 saturated heterocycles. The minimum Gasteiger partial charge on any atom is -0.383 e. The van der Waals surface area contributed by atoms with Gasteiger partial charge >= 0.3 is 0 Å². The van der Waals surface area contributed by atoms with Crippen molar-refractivity contribution in [2.45, 2.75) is 24.8 Å². The SMILES string of the molecule is CCN(c1snc(N)c1SC)C(C)COC. The third-order valence-corrected chi connectivity index (χ3v) is 4.24. The molecule has 1 aromatic rings. The molecule has 0 aliphatic rings. The van der Waals surface area contributed by atoms with Crippen LogP contribution in [0.5, 0.6) is 0 Å². The highest BCUT2D eigenvalue weighted by molar-refractivity contribution is 7.99. The normalized spacial score (nSPS) is 12.8. The van der Waals surface area contributed by atoms with Gasteiger partial charge in [-0.1, -0.05) is 0 Å². The maximum absolute atomic E-state index is 5.84. The standard InChI is InChI=1S/C10H19N3OS2/c1-5-13(7(2)6-14-3)10-8(15-4)9(11)12-16-10/h7H,5-6H2,1-4H3,(H2,11,12). The Hall–Kier alpha value is -0.460. The minimum atomic E-state index is 0.334. The van der Waals surface area contributed by atoms with Crippen molar-refractivity contribution < 1.29 is 4.74 Å². The van der Waals surface area contributed by atoms with Crippen LogP contribution in [-0.4, -0.2) is 36.9 Å². The molecule has 0 radical (unpaired) electrons. The summed E-state index contributed by atoms with van der Waals surface area (Å²) < 4.78 is 9.41. The molecule has 16 heavy (non-hydrogen) atoms. The van der Waals surface area contributed by atoms with Crippen molar-refractivity contribution in [3.05, 3.63) is 0 Å². The van der Waals surface area contributed by atoms with Gasteiger partial charge in [0, 0.05) is 13.7 Å². The maximum atomic E-state index is 5.84. The number of aromatic nitrogens is 1. The van der Waals surface area contributed by atoms with Crippen LogP contribution < -0.4 is 10.6 Å². The lowest BCUT2D eigenvalue weighted by Crippen LogP contribution is -2.35. The van der Waals surface area contributed by atoms with Gasteiger partial charge in [-0.2, -0.15) is 4.37 Å². The molecule has 1 heterocycles. The van der Waals surface area contributed by atoms with Gasteiger partial charge in [-0.25, -0.2) is 0 Å². The maximum Gasteiger partial charge on any atom is 0.153 e. The van der Waals surface area contributed by atoms with Crippen LogP contribution in [0.4, 0.5) is 10.8 Å². The molecule has 2 N–H and O–H groups in total. The summed E-state index contributed by atoms with van der Waals surface area (Å²) in [6.45, 7) is 5.92. The van der Waals surface area contributed by atoms with Crippen molar-refractivity contribution in [3.8, 4) is 0 Å². The number of hydrogen-bond donors (Lipinski definition) is 1. The fourth-order valence-electron chi connectivity index (χ4n) is 1.65. The van der Waals surface area contributed by atoms with E-state index in [4.69, 9.17) is 10.5 Å². The number of anilines is 2. The Morgan fingerprint density at radius 2 is 2.31 bits per heavy atom. The largest absolute Gasteiger partial charge is 0.383 e. The van der Waals surface area contributed by atoms with Crippen molar-refractivity contribution in [1.29, 1.82) is 0 Å². The summed E-state index contributed by atoms with van der Waals surface area (Å²) in [5, 5.41) is 1.15. The predicted molar refractivity (Wildman–Crippen MR) is 72.7 cm³/mol. The Bertz CT molecular complexity index is 330. The monoisotopic (exact) mass is 261 g/mol. The van der Waals surface area contributed by atoms with E-state index in [1.807, 2.05) is 6.26 Å². The molecule has 0 bridgehead atoms. The molecule has 0 spiro atoms. The second-order valence-corrected chi connectivity index (χ2v) is 5.06. The van der Waals surface area contributed by atoms with Crippen molar-refractivity contribution in [3.63, 3.8) is 0 Å². The highest BCUT2D eigenvalue weighted by Gasteiger charge is 2.20. The molecule has 0 saturated carbocycles. The number of nitrogens with zero attached hydrogens (tertiary/aromatic N) is 2. The molecule has 1 rings (SSSR count). The van der Waals surface area contributed by atoms with E-state index >= 15 is 0 Å². The van der Waals surface area contributed by atoms with Crippen molar-refractivity contribution in [1.82, 2.24) is 4.37 Å². The molecule has 1 atom stereocenters. The quantitative estimate of drug-likeness (QED) is 0.796. The third-order valence-electron chi connectivity index (χ3n) is 2.40. The summed E-state index contributed by atoms with van der Waals surface area (Å²) in [6, 6.07) is 0.334. The first-order valence-corrected chi connectivity index (χ1v) is 7.20. The molecule has 0 aliphatic carbocycles. The summed E-state index contributed by atoms with van der Waals surface area (Å²) >= 11 is 3.11. The van der Waals surface area contributed by atoms with E-state index in [1.165, 1.54) is 11.5 Å². The number of hydrogen-bond acceptors (Lipinski definition) is 6. The number of nitrogen functional groups attached to an aromatic ring is 1. The molecular weight excluding hydrogens is 242 g/mol. The first-order valence-electron chi connectivity index (χ1n) is 5.20. The van der Waals surface area contributed by atoms with Gasteiger partial charge in [-0.15, -0.1) is 11.8 Å². The molecule has 4 nitrogen and oxygen atoms in total. The molecule has 1 aromatic heterocycles. The fourth-order valence-corrected chi connectivity index (χ4v) is 3.49. The second-order valence-electron chi connectivity index (χ2n) is 3.50. The Labute approximate surface area is 105 Å². The van der Waals surface area contributed by atoms with Gasteiger partial charge in [-0.3, -0.25) is 0 Å². The Morgan fingerprint density at radius 1 is 1.62 bits per heavy atom. The van der Waals surface area contributed by atoms with E-state index in [9.17, 15) is 0 Å². The lowest BCUT2D eigenvalue weighted by molar-refractivity contribution is 0.182. The Morgan fingerprint density at radius 3 is 2.81 bits per heavy atom. The third kappa shape index (κ3) is 2.81. The molecular formula is C10H19N3OS2. The second kappa shape index (κ2) is 6.32. The van der Waals surface area contributed by atoms with Crippen LogP contribution in [0.1, 0.15) is 13.8 Å². The number of nitrogens with two attached hydrogens (primary N) is 1. The molecule has 0 aromatic carbocycles. The Kier molecular flexibility index (Phi) is 5.37. The zero-order valence-corrected chi connectivity index (χ0v) is 11.8. The van der Waals surface area contributed by atoms with Crippen LogP contribution in [0, 0.1) is 0 Å². The molecule has 0 fully saturated rings. The lowest BCUT2D eigenvalue weighted by Gasteiger charge is -2.28. The van der Waals surface area contributed by atoms with Gasteiger partial charge in [0.05, 0.1) is 17.5 Å². The van der Waals surface area contributed by atoms with Gasteiger partial charge in [0.25, 0.3) is 0 Å². The number of likely N-dealkylation sites (N-methyl/N-ethyl adjacent to an activating group) is 1. The number of ether oxygens (including phenoxy) is 1. The minimum absolute atomic E-state index is 0.334. The van der Waals surface area contributed by atoms with Crippen molar-refractivity contribution in [2.24, 2.45) is 0 Å². The van der Waals surface area contributed by atoms with Crippen LogP contribution in [0.15, 0.2) is 4.90 Å². The van der Waals surface area contributed by atoms with E-state index in [-0.39, 0.29) is 0 Å². The van der Waals surface area contributed by atoms with Crippen LogP contribution >= 0.6 is 23.3 Å². The zero-order valence-electron chi connectivity index (χ0n) is 10.2. The highest BCUT2D eigenvalue weighted by Crippen LogP contribution is 2.38. The van der Waals surface area contributed by atoms with E-state index in [1.54, 1.807) is 18.9 Å². The van der Waals surface area contributed by atoms with Crippen molar-refractivity contribution >= 4 is 34.1 Å². The molecule has 1 unspecified atom stereocenters. The first-order chi connectivity index (χ1) is 7.65. The van der Waals surface area contributed by atoms with Crippen LogP contribution in [0.3, 0.4) is 0 Å². The average molecular weight is 261 g/mol. The Balaban J connectivity index is 2.94. The van der Waals surface area contributed by atoms with E-state index < -0.39 is 0 Å². The summed E-state index contributed by atoms with van der Waals surface area (Å²) in [6.07, 6.45) is 2.03. The topological polar surface area (TPSA) is 51.4 Å². The number of rotatable bonds is 6. The number of thioether (sulfide) groups is 1. The highest BCUT2D eigenvalue weighted by atomic mass is 32.2. The van der Waals surface area contributed by atoms with E-state index in [2.05, 4.69) is 23.1 Å². The summed E-state index contributed by atoms with van der Waals surface area (Å²) in [5.41, 5.74) is 5.84. The van der Waals surface area contributed by atoms with Crippen molar-refractivity contribution in [2.75, 3.05) is 37.2 Å². The van der Waals surface area contributed by atoms with Gasteiger partial charge < -0.3 is 15.4 Å².